The number of carbonyl (C=O) groups excluding carboxylic acids is 2. The van der Waals surface area contributed by atoms with Gasteiger partial charge in [0.05, 0.1) is 22.6 Å². The first-order chi connectivity index (χ1) is 17.3. The number of halogens is 2. The quantitative estimate of drug-likeness (QED) is 0.438. The van der Waals surface area contributed by atoms with Gasteiger partial charge in [-0.15, -0.1) is 0 Å². The topological polar surface area (TPSA) is 139 Å². The van der Waals surface area contributed by atoms with Gasteiger partial charge in [0.25, 0.3) is 11.8 Å². The number of aliphatic hydroxyl groups is 1. The lowest BCUT2D eigenvalue weighted by Crippen LogP contribution is -2.57. The molecule has 13 heteroatoms. The van der Waals surface area contributed by atoms with Gasteiger partial charge in [0, 0.05) is 48.5 Å². The van der Waals surface area contributed by atoms with Crippen molar-refractivity contribution >= 4 is 45.0 Å². The predicted octanol–water partition coefficient (Wildman–Crippen LogP) is 1.91. The Labute approximate surface area is 226 Å². The van der Waals surface area contributed by atoms with Crippen LogP contribution in [-0.4, -0.2) is 79.7 Å². The van der Waals surface area contributed by atoms with Gasteiger partial charge in [-0.2, -0.15) is 5.10 Å². The van der Waals surface area contributed by atoms with Crippen LogP contribution in [0.15, 0.2) is 24.3 Å². The summed E-state index contributed by atoms with van der Waals surface area (Å²) in [5.41, 5.74) is 7.55. The van der Waals surface area contributed by atoms with Crippen molar-refractivity contribution in [3.63, 3.8) is 0 Å². The summed E-state index contributed by atoms with van der Waals surface area (Å²) in [6.07, 6.45) is 1.15. The summed E-state index contributed by atoms with van der Waals surface area (Å²) in [6.45, 7) is 2.94. The summed E-state index contributed by atoms with van der Waals surface area (Å²) in [4.78, 5) is 28.1. The maximum Gasteiger partial charge on any atom is 0.289 e. The van der Waals surface area contributed by atoms with Gasteiger partial charge >= 0.3 is 0 Å². The number of aryl methyl sites for hydroxylation is 1. The third-order valence-electron chi connectivity index (χ3n) is 7.56. The van der Waals surface area contributed by atoms with Crippen molar-refractivity contribution in [1.29, 1.82) is 0 Å². The number of fused-ring (bicyclic) bond motifs is 1. The summed E-state index contributed by atoms with van der Waals surface area (Å²) in [5, 5.41) is 14.4. The second kappa shape index (κ2) is 9.85. The van der Waals surface area contributed by atoms with Crippen LogP contribution in [0.4, 0.5) is 0 Å². The van der Waals surface area contributed by atoms with Crippen LogP contribution in [0.5, 0.6) is 0 Å². The third-order valence-corrected chi connectivity index (χ3v) is 11.5. The van der Waals surface area contributed by atoms with E-state index in [2.05, 4.69) is 5.10 Å². The smallest absolute Gasteiger partial charge is 0.289 e. The van der Waals surface area contributed by atoms with E-state index in [0.29, 0.717) is 29.8 Å². The molecular formula is C24H31Cl2N5O5S. The maximum atomic E-state index is 13.5. The van der Waals surface area contributed by atoms with Gasteiger partial charge in [-0.05, 0) is 50.8 Å². The zero-order valence-corrected chi connectivity index (χ0v) is 23.3. The highest BCUT2D eigenvalue weighted by Gasteiger charge is 2.62. The second-order valence-electron chi connectivity index (χ2n) is 10.3. The highest BCUT2D eigenvalue weighted by molar-refractivity contribution is 7.94. The fraction of sp³-hybridized carbons (Fsp3) is 0.542. The molecular weight excluding hydrogens is 541 g/mol. The molecule has 2 aliphatic rings. The Kier molecular flexibility index (Phi) is 7.41. The molecule has 1 aromatic carbocycles. The van der Waals surface area contributed by atoms with Crippen LogP contribution < -0.4 is 5.73 Å². The minimum atomic E-state index is -3.79. The van der Waals surface area contributed by atoms with Gasteiger partial charge in [-0.1, -0.05) is 23.7 Å². The molecule has 1 aromatic heterocycles. The van der Waals surface area contributed by atoms with Crippen molar-refractivity contribution < 1.29 is 23.1 Å². The number of nitrogens with two attached hydrogens (primary N) is 1. The Balaban J connectivity index is 1.54. The molecule has 2 amide bonds. The minimum Gasteiger partial charge on any atom is -0.395 e. The predicted molar refractivity (Wildman–Crippen MR) is 140 cm³/mol. The average molecular weight is 573 g/mol. The minimum absolute atomic E-state index is 0.0157. The van der Waals surface area contributed by atoms with Crippen molar-refractivity contribution in [2.45, 2.75) is 55.2 Å². The zero-order valence-electron chi connectivity index (χ0n) is 20.9. The molecule has 1 saturated carbocycles. The number of benzene rings is 1. The number of hydrogen-bond acceptors (Lipinski definition) is 7. The lowest BCUT2D eigenvalue weighted by atomic mass is 10.0. The second-order valence-corrected chi connectivity index (χ2v) is 14.1. The van der Waals surface area contributed by atoms with E-state index in [1.54, 1.807) is 31.3 Å². The van der Waals surface area contributed by atoms with Gasteiger partial charge in [0.2, 0.25) is 0 Å². The number of amides is 2. The molecule has 1 fully saturated rings. The van der Waals surface area contributed by atoms with Crippen molar-refractivity contribution in [2.24, 2.45) is 12.8 Å². The average Bonchev–Trinajstić information content (AvgIpc) is 3.57. The van der Waals surface area contributed by atoms with Gasteiger partial charge < -0.3 is 15.7 Å². The molecule has 202 valence electrons. The number of aromatic nitrogens is 2. The van der Waals surface area contributed by atoms with E-state index >= 15 is 0 Å². The van der Waals surface area contributed by atoms with E-state index < -0.39 is 37.9 Å². The SMILES string of the molecule is Cn1nc(C(=O)N(Cl)Cc2ccc(Cl)cc2)c2c1C(=O)N(CC1(S(=O)(=O)C(C)(C)[C@H](N)CO)CC1)CC2. The first-order valence-corrected chi connectivity index (χ1v) is 14.1. The summed E-state index contributed by atoms with van der Waals surface area (Å²) >= 11 is 12.2. The third kappa shape index (κ3) is 4.76. The number of carbonyl (C=O) groups is 2. The summed E-state index contributed by atoms with van der Waals surface area (Å²) in [7, 11) is -2.22. The fourth-order valence-corrected chi connectivity index (χ4v) is 7.70. The van der Waals surface area contributed by atoms with Crippen molar-refractivity contribution in [3.8, 4) is 0 Å². The molecule has 0 unspecified atom stereocenters. The van der Waals surface area contributed by atoms with E-state index in [9.17, 15) is 23.1 Å². The molecule has 4 rings (SSSR count). The van der Waals surface area contributed by atoms with Crippen LogP contribution >= 0.6 is 23.4 Å². The Morgan fingerprint density at radius 2 is 1.92 bits per heavy atom. The highest BCUT2D eigenvalue weighted by atomic mass is 35.5. The Bertz CT molecular complexity index is 1320. The summed E-state index contributed by atoms with van der Waals surface area (Å²) in [5.74, 6) is -0.921. The highest BCUT2D eigenvalue weighted by Crippen LogP contribution is 2.49. The first kappa shape index (κ1) is 27.8. The largest absolute Gasteiger partial charge is 0.395 e. The molecule has 0 bridgehead atoms. The molecule has 1 aliphatic heterocycles. The number of rotatable bonds is 9. The normalized spacial score (nSPS) is 17.9. The van der Waals surface area contributed by atoms with Crippen LogP contribution in [0.25, 0.3) is 0 Å². The van der Waals surface area contributed by atoms with E-state index in [4.69, 9.17) is 29.1 Å². The van der Waals surface area contributed by atoms with Gasteiger partial charge in [-0.3, -0.25) is 14.3 Å². The monoisotopic (exact) mass is 571 g/mol. The summed E-state index contributed by atoms with van der Waals surface area (Å²) < 4.78 is 27.0. The van der Waals surface area contributed by atoms with Crippen molar-refractivity contribution in [2.75, 3.05) is 19.7 Å². The molecule has 0 saturated heterocycles. The molecule has 37 heavy (non-hydrogen) atoms. The maximum absolute atomic E-state index is 13.5. The molecule has 1 atom stereocenters. The van der Waals surface area contributed by atoms with Gasteiger partial charge in [-0.25, -0.2) is 12.8 Å². The van der Waals surface area contributed by atoms with Crippen LogP contribution in [0.1, 0.15) is 58.8 Å². The first-order valence-electron chi connectivity index (χ1n) is 11.9. The van der Waals surface area contributed by atoms with Crippen LogP contribution in [0, 0.1) is 0 Å². The number of sulfone groups is 1. The molecule has 2 aromatic rings. The lowest BCUT2D eigenvalue weighted by molar-refractivity contribution is 0.0724. The molecule has 0 spiro atoms. The van der Waals surface area contributed by atoms with Crippen molar-refractivity contribution in [3.05, 3.63) is 51.8 Å². The Morgan fingerprint density at radius 1 is 1.30 bits per heavy atom. The van der Waals surface area contributed by atoms with Crippen molar-refractivity contribution in [1.82, 2.24) is 19.1 Å². The van der Waals surface area contributed by atoms with Crippen LogP contribution in [0.2, 0.25) is 5.02 Å². The molecule has 1 aliphatic carbocycles. The molecule has 10 nitrogen and oxygen atoms in total. The van der Waals surface area contributed by atoms with E-state index in [-0.39, 0.29) is 36.9 Å². The standard InChI is InChI=1S/C24H31Cl2N5O5S/c1-23(2,18(27)13-32)37(35,36)24(9-10-24)14-30-11-8-17-19(28-29(3)20(17)22(30)34)21(33)31(26)12-15-4-6-16(25)7-5-15/h4-7,18,32H,8-14,27H2,1-3H3/t18-/m1/s1. The number of nitrogens with zero attached hydrogens (tertiary/aromatic N) is 4. The van der Waals surface area contributed by atoms with E-state index in [0.717, 1.165) is 9.98 Å². The van der Waals surface area contributed by atoms with Crippen LogP contribution in [-0.2, 0) is 29.9 Å². The molecule has 0 radical (unpaired) electrons. The number of aliphatic hydroxyl groups excluding tert-OH is 1. The molecule has 3 N–H and O–H groups in total. The van der Waals surface area contributed by atoms with Gasteiger partial charge in [0.1, 0.15) is 5.69 Å². The van der Waals surface area contributed by atoms with E-state index in [1.165, 1.54) is 23.4 Å². The van der Waals surface area contributed by atoms with E-state index in [1.807, 2.05) is 0 Å². The fourth-order valence-electron chi connectivity index (χ4n) is 4.81. The van der Waals surface area contributed by atoms with Gasteiger partial charge in [0.15, 0.2) is 15.5 Å². The molecule has 2 heterocycles. The van der Waals surface area contributed by atoms with Crippen LogP contribution in [0.3, 0.4) is 0 Å². The lowest BCUT2D eigenvalue weighted by Gasteiger charge is -2.37. The summed E-state index contributed by atoms with van der Waals surface area (Å²) in [6, 6.07) is 5.98. The Hall–Kier alpha value is -2.18. The Morgan fingerprint density at radius 3 is 2.49 bits per heavy atom. The number of hydrogen-bond donors (Lipinski definition) is 2. The zero-order chi connectivity index (χ0) is 27.3.